The summed E-state index contributed by atoms with van der Waals surface area (Å²) in [4.78, 5) is 10.6. The van der Waals surface area contributed by atoms with E-state index in [1.54, 1.807) is 0 Å². The summed E-state index contributed by atoms with van der Waals surface area (Å²) in [6.45, 7) is 2.85. The number of sulfonamides is 1. The van der Waals surface area contributed by atoms with Crippen molar-refractivity contribution in [1.82, 2.24) is 4.31 Å². The van der Waals surface area contributed by atoms with Crippen molar-refractivity contribution in [3.05, 3.63) is 58.4 Å². The Balaban J connectivity index is 1.91. The van der Waals surface area contributed by atoms with Gasteiger partial charge in [-0.1, -0.05) is 6.92 Å². The Morgan fingerprint density at radius 3 is 2.37 bits per heavy atom. The number of hydrogen-bond acceptors (Lipinski definition) is 5. The van der Waals surface area contributed by atoms with Crippen molar-refractivity contribution in [1.29, 1.82) is 0 Å². The predicted octanol–water partition coefficient (Wildman–Crippen LogP) is 3.95. The minimum absolute atomic E-state index is 0.113. The van der Waals surface area contributed by atoms with Crippen LogP contribution in [0.2, 0.25) is 0 Å². The molecule has 2 aromatic carbocycles. The summed E-state index contributed by atoms with van der Waals surface area (Å²) >= 11 is 0. The highest BCUT2D eigenvalue weighted by molar-refractivity contribution is 7.89. The van der Waals surface area contributed by atoms with Gasteiger partial charge < -0.3 is 4.74 Å². The molecule has 0 aromatic heterocycles. The second-order valence-electron chi connectivity index (χ2n) is 6.53. The maximum absolute atomic E-state index is 13.0. The second kappa shape index (κ2) is 7.61. The first-order chi connectivity index (χ1) is 12.8. The van der Waals surface area contributed by atoms with Crippen LogP contribution in [0.5, 0.6) is 11.5 Å². The van der Waals surface area contributed by atoms with E-state index in [9.17, 15) is 22.9 Å². The van der Waals surface area contributed by atoms with Crippen molar-refractivity contribution in [3.8, 4) is 11.5 Å². The molecule has 1 saturated heterocycles. The lowest BCUT2D eigenvalue weighted by molar-refractivity contribution is -0.385. The molecule has 27 heavy (non-hydrogen) atoms. The summed E-state index contributed by atoms with van der Waals surface area (Å²) in [6, 6.07) is 8.54. The Labute approximate surface area is 156 Å². The number of nitro groups is 1. The van der Waals surface area contributed by atoms with Crippen LogP contribution in [0.3, 0.4) is 0 Å². The van der Waals surface area contributed by atoms with Crippen LogP contribution in [0, 0.1) is 21.8 Å². The SMILES string of the molecule is CC1CCN(S(=O)(=O)c2ccc(Oc3ccc(F)cc3)c([N+](=O)[O-])c2)CC1. The molecular formula is C18H19FN2O5S. The average molecular weight is 394 g/mol. The van der Waals surface area contributed by atoms with Gasteiger partial charge >= 0.3 is 5.69 Å². The zero-order valence-corrected chi connectivity index (χ0v) is 15.5. The first-order valence-electron chi connectivity index (χ1n) is 8.49. The van der Waals surface area contributed by atoms with E-state index in [0.717, 1.165) is 31.0 Å². The molecule has 0 unspecified atom stereocenters. The van der Waals surface area contributed by atoms with Crippen LogP contribution in [0.1, 0.15) is 19.8 Å². The number of piperidine rings is 1. The highest BCUT2D eigenvalue weighted by Gasteiger charge is 2.30. The molecule has 0 bridgehead atoms. The highest BCUT2D eigenvalue weighted by atomic mass is 32.2. The van der Waals surface area contributed by atoms with E-state index in [1.807, 2.05) is 0 Å². The Bertz CT molecular complexity index is 939. The molecule has 0 N–H and O–H groups in total. The lowest BCUT2D eigenvalue weighted by Gasteiger charge is -2.29. The fourth-order valence-corrected chi connectivity index (χ4v) is 4.38. The summed E-state index contributed by atoms with van der Waals surface area (Å²) in [7, 11) is -3.81. The molecule has 0 amide bonds. The number of halogens is 1. The van der Waals surface area contributed by atoms with Crippen LogP contribution >= 0.6 is 0 Å². The van der Waals surface area contributed by atoms with Gasteiger partial charge in [-0.3, -0.25) is 10.1 Å². The molecule has 0 aliphatic carbocycles. The molecule has 3 rings (SSSR count). The van der Waals surface area contributed by atoms with Gasteiger partial charge in [-0.05, 0) is 55.2 Å². The van der Waals surface area contributed by atoms with Crippen LogP contribution in [0.4, 0.5) is 10.1 Å². The molecule has 1 aliphatic rings. The van der Waals surface area contributed by atoms with E-state index in [1.165, 1.54) is 28.6 Å². The molecule has 0 spiro atoms. The number of ether oxygens (including phenoxy) is 1. The van der Waals surface area contributed by atoms with E-state index in [0.29, 0.717) is 19.0 Å². The zero-order valence-electron chi connectivity index (χ0n) is 14.7. The van der Waals surface area contributed by atoms with Crippen molar-refractivity contribution in [2.45, 2.75) is 24.7 Å². The summed E-state index contributed by atoms with van der Waals surface area (Å²) in [5.74, 6) is 0.0874. The van der Waals surface area contributed by atoms with E-state index in [2.05, 4.69) is 6.92 Å². The summed E-state index contributed by atoms with van der Waals surface area (Å²) < 4.78 is 45.4. The molecule has 0 radical (unpaired) electrons. The van der Waals surface area contributed by atoms with E-state index in [4.69, 9.17) is 4.74 Å². The van der Waals surface area contributed by atoms with Crippen molar-refractivity contribution in [3.63, 3.8) is 0 Å². The van der Waals surface area contributed by atoms with Gasteiger partial charge in [0.1, 0.15) is 11.6 Å². The van der Waals surface area contributed by atoms with Gasteiger partial charge in [0, 0.05) is 19.2 Å². The predicted molar refractivity (Wildman–Crippen MR) is 96.7 cm³/mol. The number of nitro benzene ring substituents is 1. The number of nitrogens with zero attached hydrogens (tertiary/aromatic N) is 2. The maximum Gasteiger partial charge on any atom is 0.312 e. The van der Waals surface area contributed by atoms with Crippen molar-refractivity contribution in [2.75, 3.05) is 13.1 Å². The fourth-order valence-electron chi connectivity index (χ4n) is 2.89. The van der Waals surface area contributed by atoms with Gasteiger partial charge in [0.15, 0.2) is 0 Å². The third-order valence-corrected chi connectivity index (χ3v) is 6.44. The van der Waals surface area contributed by atoms with Crippen molar-refractivity contribution >= 4 is 15.7 Å². The zero-order chi connectivity index (χ0) is 19.6. The van der Waals surface area contributed by atoms with Gasteiger partial charge in [0.2, 0.25) is 15.8 Å². The summed E-state index contributed by atoms with van der Waals surface area (Å²) in [6.07, 6.45) is 1.51. The lowest BCUT2D eigenvalue weighted by atomic mass is 10.0. The molecule has 1 fully saturated rings. The minimum Gasteiger partial charge on any atom is -0.450 e. The van der Waals surface area contributed by atoms with Crippen LogP contribution in [-0.4, -0.2) is 30.7 Å². The molecule has 9 heteroatoms. The lowest BCUT2D eigenvalue weighted by Crippen LogP contribution is -2.37. The van der Waals surface area contributed by atoms with Crippen LogP contribution in [-0.2, 0) is 10.0 Å². The molecule has 144 valence electrons. The number of rotatable bonds is 5. The molecule has 2 aromatic rings. The van der Waals surface area contributed by atoms with Crippen LogP contribution in [0.15, 0.2) is 47.4 Å². The standard InChI is InChI=1S/C18H19FN2O5S/c1-13-8-10-20(11-9-13)27(24,25)16-6-7-18(17(12-16)21(22)23)26-15-4-2-14(19)3-5-15/h2-7,12-13H,8-11H2,1H3. The second-order valence-corrected chi connectivity index (χ2v) is 8.47. The van der Waals surface area contributed by atoms with Gasteiger partial charge in [-0.25, -0.2) is 12.8 Å². The molecule has 0 saturated carbocycles. The minimum atomic E-state index is -3.81. The van der Waals surface area contributed by atoms with E-state index in [-0.39, 0.29) is 16.4 Å². The van der Waals surface area contributed by atoms with Crippen molar-refractivity contribution in [2.24, 2.45) is 5.92 Å². The fraction of sp³-hybridized carbons (Fsp3) is 0.333. The van der Waals surface area contributed by atoms with Gasteiger partial charge in [0.25, 0.3) is 0 Å². The average Bonchev–Trinajstić information content (AvgIpc) is 2.64. The van der Waals surface area contributed by atoms with Crippen LogP contribution < -0.4 is 4.74 Å². The first-order valence-corrected chi connectivity index (χ1v) is 9.93. The quantitative estimate of drug-likeness (QED) is 0.566. The molecule has 7 nitrogen and oxygen atoms in total. The summed E-state index contributed by atoms with van der Waals surface area (Å²) in [5, 5.41) is 11.4. The van der Waals surface area contributed by atoms with Crippen LogP contribution in [0.25, 0.3) is 0 Å². The number of hydrogen-bond donors (Lipinski definition) is 0. The van der Waals surface area contributed by atoms with E-state index >= 15 is 0 Å². The normalized spacial score (nSPS) is 16.2. The maximum atomic E-state index is 13.0. The molecule has 0 atom stereocenters. The van der Waals surface area contributed by atoms with Gasteiger partial charge in [0.05, 0.1) is 9.82 Å². The molecule has 1 heterocycles. The van der Waals surface area contributed by atoms with Gasteiger partial charge in [-0.2, -0.15) is 4.31 Å². The Kier molecular flexibility index (Phi) is 5.43. The van der Waals surface area contributed by atoms with Crippen molar-refractivity contribution < 1.29 is 22.5 Å². The topological polar surface area (TPSA) is 89.8 Å². The Morgan fingerprint density at radius 1 is 1.15 bits per heavy atom. The molecular weight excluding hydrogens is 375 g/mol. The third kappa shape index (κ3) is 4.25. The third-order valence-electron chi connectivity index (χ3n) is 4.55. The Hall–Kier alpha value is -2.52. The largest absolute Gasteiger partial charge is 0.450 e. The monoisotopic (exact) mass is 394 g/mol. The first kappa shape index (κ1) is 19.2. The molecule has 1 aliphatic heterocycles. The smallest absolute Gasteiger partial charge is 0.312 e. The summed E-state index contributed by atoms with van der Waals surface area (Å²) in [5.41, 5.74) is -0.467. The highest BCUT2D eigenvalue weighted by Crippen LogP contribution is 2.34. The Morgan fingerprint density at radius 2 is 1.78 bits per heavy atom. The van der Waals surface area contributed by atoms with Gasteiger partial charge in [-0.15, -0.1) is 0 Å². The van der Waals surface area contributed by atoms with E-state index < -0.39 is 26.5 Å². The number of benzene rings is 2.